The third-order valence-corrected chi connectivity index (χ3v) is 3.82. The van der Waals surface area contributed by atoms with Gasteiger partial charge in [-0.1, -0.05) is 13.8 Å². The van der Waals surface area contributed by atoms with Crippen LogP contribution in [0.15, 0.2) is 5.38 Å². The zero-order valence-corrected chi connectivity index (χ0v) is 12.1. The van der Waals surface area contributed by atoms with Crippen molar-refractivity contribution in [3.63, 3.8) is 0 Å². The van der Waals surface area contributed by atoms with Crippen molar-refractivity contribution in [2.45, 2.75) is 46.6 Å². The molecule has 98 valence electrons. The van der Waals surface area contributed by atoms with Crippen LogP contribution in [0.25, 0.3) is 0 Å². The molecule has 0 aliphatic heterocycles. The Morgan fingerprint density at radius 2 is 2.18 bits per heavy atom. The summed E-state index contributed by atoms with van der Waals surface area (Å²) in [7, 11) is 0. The molecule has 0 radical (unpaired) electrons. The lowest BCUT2D eigenvalue weighted by atomic mass is 9.84. The Bertz CT molecular complexity index is 320. The number of aromatic nitrogens is 1. The largest absolute Gasteiger partial charge is 0.330 e. The van der Waals surface area contributed by atoms with Crippen molar-refractivity contribution in [3.8, 4) is 0 Å². The fourth-order valence-corrected chi connectivity index (χ4v) is 2.53. The Morgan fingerprint density at radius 3 is 2.76 bits per heavy atom. The van der Waals surface area contributed by atoms with Crippen LogP contribution in [0.1, 0.15) is 43.8 Å². The predicted molar refractivity (Wildman–Crippen MR) is 75.2 cm³/mol. The van der Waals surface area contributed by atoms with Crippen LogP contribution in [0, 0.1) is 12.3 Å². The molecule has 1 heterocycles. The van der Waals surface area contributed by atoms with E-state index in [0.717, 1.165) is 36.8 Å². The summed E-state index contributed by atoms with van der Waals surface area (Å²) in [5.41, 5.74) is 7.14. The van der Waals surface area contributed by atoms with Gasteiger partial charge < -0.3 is 11.1 Å². The van der Waals surface area contributed by atoms with Gasteiger partial charge in [-0.25, -0.2) is 4.98 Å². The summed E-state index contributed by atoms with van der Waals surface area (Å²) in [4.78, 5) is 4.43. The number of rotatable bonds is 8. The average Bonchev–Trinajstić information content (AvgIpc) is 2.63. The number of aryl methyl sites for hydroxylation is 1. The molecule has 0 unspecified atom stereocenters. The van der Waals surface area contributed by atoms with Crippen LogP contribution in [-0.4, -0.2) is 18.1 Å². The van der Waals surface area contributed by atoms with E-state index >= 15 is 0 Å². The average molecular weight is 255 g/mol. The summed E-state index contributed by atoms with van der Waals surface area (Å²) < 4.78 is 0. The van der Waals surface area contributed by atoms with Crippen LogP contribution < -0.4 is 11.1 Å². The van der Waals surface area contributed by atoms with E-state index in [-0.39, 0.29) is 0 Å². The van der Waals surface area contributed by atoms with Crippen molar-refractivity contribution in [1.82, 2.24) is 10.3 Å². The van der Waals surface area contributed by atoms with E-state index in [0.29, 0.717) is 5.41 Å². The van der Waals surface area contributed by atoms with Gasteiger partial charge in [0.05, 0.1) is 10.7 Å². The lowest BCUT2D eigenvalue weighted by Crippen LogP contribution is -2.20. The number of nitrogens with one attached hydrogen (secondary N) is 1. The Morgan fingerprint density at radius 1 is 1.41 bits per heavy atom. The van der Waals surface area contributed by atoms with Gasteiger partial charge in [-0.3, -0.25) is 0 Å². The molecular formula is C13H25N3S. The van der Waals surface area contributed by atoms with Crippen molar-refractivity contribution < 1.29 is 0 Å². The number of hydrogen-bond donors (Lipinski definition) is 2. The van der Waals surface area contributed by atoms with E-state index in [1.165, 1.54) is 12.8 Å². The molecule has 0 bridgehead atoms. The maximum absolute atomic E-state index is 5.60. The van der Waals surface area contributed by atoms with Gasteiger partial charge in [0.25, 0.3) is 0 Å². The predicted octanol–water partition coefficient (Wildman–Crippen LogP) is 2.70. The third kappa shape index (κ3) is 6.15. The molecule has 0 aliphatic carbocycles. The minimum atomic E-state index is 0.383. The minimum Gasteiger partial charge on any atom is -0.330 e. The van der Waals surface area contributed by atoms with Crippen LogP contribution in [0.3, 0.4) is 0 Å². The zero-order valence-electron chi connectivity index (χ0n) is 11.3. The van der Waals surface area contributed by atoms with E-state index in [4.69, 9.17) is 5.73 Å². The molecule has 0 saturated carbocycles. The third-order valence-electron chi connectivity index (χ3n) is 3.00. The minimum absolute atomic E-state index is 0.383. The van der Waals surface area contributed by atoms with Gasteiger partial charge in [0.15, 0.2) is 0 Å². The van der Waals surface area contributed by atoms with E-state index < -0.39 is 0 Å². The molecule has 0 fully saturated rings. The molecule has 0 aromatic carbocycles. The van der Waals surface area contributed by atoms with Gasteiger partial charge in [0.1, 0.15) is 0 Å². The standard InChI is InChI=1S/C13H25N3S/c1-11-16-12(10-17-11)9-15-8-4-5-13(2,3)6-7-14/h10,15H,4-9,14H2,1-3H3. The zero-order chi connectivity index (χ0) is 12.7. The molecule has 0 atom stereocenters. The van der Waals surface area contributed by atoms with Crippen molar-refractivity contribution in [1.29, 1.82) is 0 Å². The first-order chi connectivity index (χ1) is 8.03. The van der Waals surface area contributed by atoms with Crippen molar-refractivity contribution in [2.24, 2.45) is 11.1 Å². The molecule has 1 aromatic rings. The van der Waals surface area contributed by atoms with Gasteiger partial charge in [0, 0.05) is 11.9 Å². The molecule has 1 rings (SSSR count). The van der Waals surface area contributed by atoms with Crippen LogP contribution in [0.2, 0.25) is 0 Å². The monoisotopic (exact) mass is 255 g/mol. The van der Waals surface area contributed by atoms with Crippen molar-refractivity contribution >= 4 is 11.3 Å². The highest BCUT2D eigenvalue weighted by Gasteiger charge is 2.15. The summed E-state index contributed by atoms with van der Waals surface area (Å²) >= 11 is 1.71. The van der Waals surface area contributed by atoms with E-state index in [1.807, 2.05) is 6.92 Å². The summed E-state index contributed by atoms with van der Waals surface area (Å²) in [5.74, 6) is 0. The smallest absolute Gasteiger partial charge is 0.0897 e. The maximum atomic E-state index is 5.60. The molecule has 3 nitrogen and oxygen atoms in total. The number of thiazole rings is 1. The summed E-state index contributed by atoms with van der Waals surface area (Å²) in [6.07, 6.45) is 3.54. The first-order valence-corrected chi connectivity index (χ1v) is 7.23. The Balaban J connectivity index is 2.08. The molecular weight excluding hydrogens is 230 g/mol. The SMILES string of the molecule is Cc1nc(CNCCCC(C)(C)CCN)cs1. The van der Waals surface area contributed by atoms with Gasteiger partial charge >= 0.3 is 0 Å². The van der Waals surface area contributed by atoms with E-state index in [2.05, 4.69) is 29.5 Å². The number of hydrogen-bond acceptors (Lipinski definition) is 4. The molecule has 0 amide bonds. The van der Waals surface area contributed by atoms with Crippen LogP contribution >= 0.6 is 11.3 Å². The fraction of sp³-hybridized carbons (Fsp3) is 0.769. The molecule has 0 saturated heterocycles. The van der Waals surface area contributed by atoms with Gasteiger partial charge in [-0.15, -0.1) is 11.3 Å². The topological polar surface area (TPSA) is 50.9 Å². The normalized spacial score (nSPS) is 12.0. The van der Waals surface area contributed by atoms with Crippen molar-refractivity contribution in [2.75, 3.05) is 13.1 Å². The maximum Gasteiger partial charge on any atom is 0.0897 e. The van der Waals surface area contributed by atoms with E-state index in [1.54, 1.807) is 11.3 Å². The second-order valence-electron chi connectivity index (χ2n) is 5.34. The Kier molecular flexibility index (Phi) is 6.09. The molecule has 17 heavy (non-hydrogen) atoms. The highest BCUT2D eigenvalue weighted by atomic mass is 32.1. The van der Waals surface area contributed by atoms with Crippen molar-refractivity contribution in [3.05, 3.63) is 16.1 Å². The second kappa shape index (κ2) is 7.09. The molecule has 0 spiro atoms. The van der Waals surface area contributed by atoms with Gasteiger partial charge in [0.2, 0.25) is 0 Å². The first-order valence-electron chi connectivity index (χ1n) is 6.35. The van der Waals surface area contributed by atoms with E-state index in [9.17, 15) is 0 Å². The van der Waals surface area contributed by atoms with Gasteiger partial charge in [-0.05, 0) is 44.7 Å². The van der Waals surface area contributed by atoms with Crippen LogP contribution in [0.5, 0.6) is 0 Å². The quantitative estimate of drug-likeness (QED) is 0.702. The van der Waals surface area contributed by atoms with Crippen LogP contribution in [-0.2, 0) is 6.54 Å². The summed E-state index contributed by atoms with van der Waals surface area (Å²) in [6.45, 7) is 9.38. The molecule has 1 aromatic heterocycles. The lowest BCUT2D eigenvalue weighted by molar-refractivity contribution is 0.302. The highest BCUT2D eigenvalue weighted by Crippen LogP contribution is 2.25. The highest BCUT2D eigenvalue weighted by molar-refractivity contribution is 7.09. The molecule has 0 aliphatic rings. The molecule has 3 N–H and O–H groups in total. The molecule has 4 heteroatoms. The second-order valence-corrected chi connectivity index (χ2v) is 6.40. The summed E-state index contributed by atoms with van der Waals surface area (Å²) in [5, 5.41) is 6.71. The number of nitrogens with zero attached hydrogens (tertiary/aromatic N) is 1. The van der Waals surface area contributed by atoms with Crippen LogP contribution in [0.4, 0.5) is 0 Å². The summed E-state index contributed by atoms with van der Waals surface area (Å²) in [6, 6.07) is 0. The lowest BCUT2D eigenvalue weighted by Gasteiger charge is -2.23. The Hall–Kier alpha value is -0.450. The van der Waals surface area contributed by atoms with Gasteiger partial charge in [-0.2, -0.15) is 0 Å². The fourth-order valence-electron chi connectivity index (χ4n) is 1.91. The number of nitrogens with two attached hydrogens (primary N) is 1. The Labute approximate surface area is 109 Å². The first kappa shape index (κ1) is 14.6.